The van der Waals surface area contributed by atoms with Gasteiger partial charge in [-0.3, -0.25) is 24.2 Å². The molecule has 3 aromatic rings. The Morgan fingerprint density at radius 2 is 2.06 bits per heavy atom. The van der Waals surface area contributed by atoms with E-state index in [1.54, 1.807) is 29.3 Å². The number of aryl methyl sites for hydroxylation is 1. The van der Waals surface area contributed by atoms with Gasteiger partial charge in [0.1, 0.15) is 0 Å². The molecule has 2 N–H and O–H groups in total. The van der Waals surface area contributed by atoms with Crippen LogP contribution in [0.1, 0.15) is 11.1 Å². The molecule has 2 aromatic heterocycles. The molecule has 1 aromatic carbocycles. The van der Waals surface area contributed by atoms with E-state index in [9.17, 15) is 9.59 Å². The zero-order valence-electron chi connectivity index (χ0n) is 17.3. The lowest BCUT2D eigenvalue weighted by Gasteiger charge is -2.26. The molecule has 1 saturated heterocycles. The van der Waals surface area contributed by atoms with Gasteiger partial charge in [-0.2, -0.15) is 5.10 Å². The van der Waals surface area contributed by atoms with Crippen molar-refractivity contribution in [2.45, 2.75) is 6.54 Å². The number of benzene rings is 1. The summed E-state index contributed by atoms with van der Waals surface area (Å²) in [5, 5.41) is 9.90. The van der Waals surface area contributed by atoms with Crippen LogP contribution in [-0.2, 0) is 23.2 Å². The van der Waals surface area contributed by atoms with Gasteiger partial charge in [0.2, 0.25) is 11.8 Å². The van der Waals surface area contributed by atoms with E-state index in [-0.39, 0.29) is 11.8 Å². The first-order chi connectivity index (χ1) is 15.1. The van der Waals surface area contributed by atoms with Gasteiger partial charge >= 0.3 is 0 Å². The van der Waals surface area contributed by atoms with Crippen molar-refractivity contribution in [3.63, 3.8) is 0 Å². The van der Waals surface area contributed by atoms with E-state index in [4.69, 9.17) is 0 Å². The van der Waals surface area contributed by atoms with Crippen LogP contribution in [-0.4, -0.2) is 51.1 Å². The standard InChI is InChI=1S/C23H24N6O2/c1-28-15-19(13-26-28)21-8-9-24-12-18(21)4-7-22(30)27-20-5-2-17(3-6-20)14-29-11-10-25-23(31)16-29/h2-9,12-13,15H,10-11,14,16H2,1H3,(H,25,31)(H,27,30)/b7-4+. The number of amides is 2. The van der Waals surface area contributed by atoms with Crippen molar-refractivity contribution in [1.82, 2.24) is 25.0 Å². The Labute approximate surface area is 180 Å². The van der Waals surface area contributed by atoms with E-state index in [1.165, 1.54) is 6.08 Å². The fraction of sp³-hybridized carbons (Fsp3) is 0.217. The number of anilines is 1. The van der Waals surface area contributed by atoms with E-state index in [2.05, 4.69) is 25.6 Å². The van der Waals surface area contributed by atoms with Crippen LogP contribution in [0.3, 0.4) is 0 Å². The van der Waals surface area contributed by atoms with E-state index in [1.807, 2.05) is 43.6 Å². The lowest BCUT2D eigenvalue weighted by molar-refractivity contribution is -0.124. The Bertz CT molecular complexity index is 1100. The Hall–Kier alpha value is -3.78. The van der Waals surface area contributed by atoms with Crippen LogP contribution >= 0.6 is 0 Å². The summed E-state index contributed by atoms with van der Waals surface area (Å²) in [6.45, 7) is 2.64. The van der Waals surface area contributed by atoms with Crippen molar-refractivity contribution >= 4 is 23.6 Å². The summed E-state index contributed by atoms with van der Waals surface area (Å²) in [7, 11) is 1.86. The fourth-order valence-electron chi connectivity index (χ4n) is 3.49. The van der Waals surface area contributed by atoms with Gasteiger partial charge in [0.25, 0.3) is 0 Å². The van der Waals surface area contributed by atoms with Crippen LogP contribution in [0.2, 0.25) is 0 Å². The number of aromatic nitrogens is 3. The molecule has 0 spiro atoms. The number of carbonyl (C=O) groups excluding carboxylic acids is 2. The first-order valence-electron chi connectivity index (χ1n) is 10.1. The highest BCUT2D eigenvalue weighted by Gasteiger charge is 2.15. The molecule has 31 heavy (non-hydrogen) atoms. The minimum Gasteiger partial charge on any atom is -0.354 e. The predicted octanol–water partition coefficient (Wildman–Crippen LogP) is 2.07. The Kier molecular flexibility index (Phi) is 6.18. The highest BCUT2D eigenvalue weighted by atomic mass is 16.2. The minimum absolute atomic E-state index is 0.0576. The van der Waals surface area contributed by atoms with Crippen molar-refractivity contribution in [3.05, 3.63) is 72.3 Å². The molecule has 4 rings (SSSR count). The molecule has 2 amide bonds. The predicted molar refractivity (Wildman–Crippen MR) is 119 cm³/mol. The molecule has 8 heteroatoms. The van der Waals surface area contributed by atoms with Crippen LogP contribution in [0.4, 0.5) is 5.69 Å². The third-order valence-electron chi connectivity index (χ3n) is 5.03. The number of piperazine rings is 1. The SMILES string of the molecule is Cn1cc(-c2ccncc2/C=C/C(=O)Nc2ccc(CN3CCNC(=O)C3)cc2)cn1. The maximum atomic E-state index is 12.4. The van der Waals surface area contributed by atoms with Crippen LogP contribution in [0.5, 0.6) is 0 Å². The molecule has 1 aliphatic rings. The highest BCUT2D eigenvalue weighted by Crippen LogP contribution is 2.23. The summed E-state index contributed by atoms with van der Waals surface area (Å²) in [4.78, 5) is 30.1. The number of pyridine rings is 1. The third-order valence-corrected chi connectivity index (χ3v) is 5.03. The number of hydrogen-bond acceptors (Lipinski definition) is 5. The van der Waals surface area contributed by atoms with Crippen molar-refractivity contribution < 1.29 is 9.59 Å². The first kappa shape index (κ1) is 20.5. The zero-order chi connectivity index (χ0) is 21.6. The summed E-state index contributed by atoms with van der Waals surface area (Å²) in [6.07, 6.45) is 10.4. The first-order valence-corrected chi connectivity index (χ1v) is 10.1. The number of hydrogen-bond donors (Lipinski definition) is 2. The van der Waals surface area contributed by atoms with Gasteiger partial charge in [0, 0.05) is 68.2 Å². The fourth-order valence-corrected chi connectivity index (χ4v) is 3.49. The lowest BCUT2D eigenvalue weighted by atomic mass is 10.0. The topological polar surface area (TPSA) is 92.2 Å². The average Bonchev–Trinajstić information content (AvgIpc) is 3.20. The molecule has 0 bridgehead atoms. The second kappa shape index (κ2) is 9.36. The summed E-state index contributed by atoms with van der Waals surface area (Å²) in [6, 6.07) is 9.58. The van der Waals surface area contributed by atoms with E-state index >= 15 is 0 Å². The quantitative estimate of drug-likeness (QED) is 0.600. The summed E-state index contributed by atoms with van der Waals surface area (Å²) in [5.41, 5.74) is 4.58. The number of nitrogens with zero attached hydrogens (tertiary/aromatic N) is 4. The van der Waals surface area contributed by atoms with Gasteiger partial charge in [-0.05, 0) is 35.4 Å². The molecule has 8 nitrogen and oxygen atoms in total. The molecule has 0 radical (unpaired) electrons. The maximum Gasteiger partial charge on any atom is 0.248 e. The number of carbonyl (C=O) groups is 2. The van der Waals surface area contributed by atoms with Crippen LogP contribution in [0.15, 0.2) is 61.2 Å². The molecule has 3 heterocycles. The largest absolute Gasteiger partial charge is 0.354 e. The molecule has 1 fully saturated rings. The summed E-state index contributed by atoms with van der Waals surface area (Å²) >= 11 is 0. The van der Waals surface area contributed by atoms with Crippen LogP contribution in [0, 0.1) is 0 Å². The second-order valence-corrected chi connectivity index (χ2v) is 7.45. The van der Waals surface area contributed by atoms with Crippen molar-refractivity contribution in [2.75, 3.05) is 25.0 Å². The van der Waals surface area contributed by atoms with Crippen molar-refractivity contribution in [1.29, 1.82) is 0 Å². The molecular weight excluding hydrogens is 392 g/mol. The van der Waals surface area contributed by atoms with Gasteiger partial charge in [0.15, 0.2) is 0 Å². The maximum absolute atomic E-state index is 12.4. The molecule has 0 saturated carbocycles. The van der Waals surface area contributed by atoms with Gasteiger partial charge in [-0.25, -0.2) is 0 Å². The van der Waals surface area contributed by atoms with Crippen LogP contribution < -0.4 is 10.6 Å². The monoisotopic (exact) mass is 416 g/mol. The van der Waals surface area contributed by atoms with E-state index in [0.29, 0.717) is 25.3 Å². The molecule has 1 aliphatic heterocycles. The zero-order valence-corrected chi connectivity index (χ0v) is 17.3. The van der Waals surface area contributed by atoms with Crippen molar-refractivity contribution in [3.8, 4) is 11.1 Å². The molecule has 0 unspecified atom stereocenters. The van der Waals surface area contributed by atoms with Gasteiger partial charge in [0.05, 0.1) is 12.7 Å². The molecular formula is C23H24N6O2. The molecule has 158 valence electrons. The second-order valence-electron chi connectivity index (χ2n) is 7.45. The Morgan fingerprint density at radius 1 is 1.23 bits per heavy atom. The summed E-state index contributed by atoms with van der Waals surface area (Å²) in [5.74, 6) is -0.163. The highest BCUT2D eigenvalue weighted by molar-refractivity contribution is 6.02. The average molecular weight is 416 g/mol. The lowest BCUT2D eigenvalue weighted by Crippen LogP contribution is -2.47. The van der Waals surface area contributed by atoms with Gasteiger partial charge in [-0.15, -0.1) is 0 Å². The minimum atomic E-state index is -0.221. The third kappa shape index (κ3) is 5.43. The van der Waals surface area contributed by atoms with E-state index in [0.717, 1.165) is 28.8 Å². The Morgan fingerprint density at radius 3 is 2.81 bits per heavy atom. The van der Waals surface area contributed by atoms with Gasteiger partial charge in [-0.1, -0.05) is 12.1 Å². The van der Waals surface area contributed by atoms with Crippen LogP contribution in [0.25, 0.3) is 17.2 Å². The number of nitrogens with one attached hydrogen (secondary N) is 2. The van der Waals surface area contributed by atoms with Crippen molar-refractivity contribution in [2.24, 2.45) is 7.05 Å². The summed E-state index contributed by atoms with van der Waals surface area (Å²) < 4.78 is 1.74. The van der Waals surface area contributed by atoms with Gasteiger partial charge < -0.3 is 10.6 Å². The molecule has 0 atom stereocenters. The normalized spacial score (nSPS) is 14.5. The Balaban J connectivity index is 1.37. The molecule has 0 aliphatic carbocycles. The smallest absolute Gasteiger partial charge is 0.248 e. The van der Waals surface area contributed by atoms with E-state index < -0.39 is 0 Å². The number of rotatable bonds is 6.